The minimum atomic E-state index is 0. The van der Waals surface area contributed by atoms with Gasteiger partial charge in [0.15, 0.2) is 0 Å². The molecular weight excluding hydrogens is 336 g/mol. The highest BCUT2D eigenvalue weighted by molar-refractivity contribution is 9.10. The molecule has 1 fully saturated rings. The highest BCUT2D eigenvalue weighted by Crippen LogP contribution is 2.30. The quantitative estimate of drug-likeness (QED) is 0.843. The summed E-state index contributed by atoms with van der Waals surface area (Å²) in [7, 11) is 0. The van der Waals surface area contributed by atoms with Crippen LogP contribution in [0.15, 0.2) is 15.9 Å². The zero-order chi connectivity index (χ0) is 12.6. The van der Waals surface area contributed by atoms with E-state index in [1.54, 1.807) is 0 Å². The van der Waals surface area contributed by atoms with Gasteiger partial charge in [0.25, 0.3) is 5.91 Å². The van der Waals surface area contributed by atoms with Crippen LogP contribution in [0, 0.1) is 5.41 Å². The molecule has 2 N–H and O–H groups in total. The Morgan fingerprint density at radius 3 is 2.78 bits per heavy atom. The van der Waals surface area contributed by atoms with Crippen LogP contribution in [0.5, 0.6) is 0 Å². The number of halogens is 2. The van der Waals surface area contributed by atoms with Crippen molar-refractivity contribution in [1.29, 1.82) is 0 Å². The molecule has 1 amide bonds. The number of likely N-dealkylation sites (tertiary alicyclic amines) is 1. The number of nitrogens with two attached hydrogens (primary N) is 1. The first-order chi connectivity index (χ1) is 7.90. The summed E-state index contributed by atoms with van der Waals surface area (Å²) in [5.41, 5.74) is 6.08. The highest BCUT2D eigenvalue weighted by atomic mass is 79.9. The fourth-order valence-corrected chi connectivity index (χ4v) is 3.52. The summed E-state index contributed by atoms with van der Waals surface area (Å²) >= 11 is 4.86. The second-order valence-corrected chi connectivity index (χ2v) is 7.07. The first kappa shape index (κ1) is 16.0. The molecule has 2 heterocycles. The Kier molecular flexibility index (Phi) is 5.23. The number of hydrogen-bond acceptors (Lipinski definition) is 3. The number of thiophene rings is 1. The molecule has 2 rings (SSSR count). The van der Waals surface area contributed by atoms with Gasteiger partial charge in [-0.3, -0.25) is 4.79 Å². The van der Waals surface area contributed by atoms with Gasteiger partial charge in [0.05, 0.1) is 4.88 Å². The lowest BCUT2D eigenvalue weighted by Gasteiger charge is -2.42. The lowest BCUT2D eigenvalue weighted by Crippen LogP contribution is -2.53. The molecule has 1 aromatic heterocycles. The summed E-state index contributed by atoms with van der Waals surface area (Å²) in [4.78, 5) is 15.0. The number of rotatable bonds is 1. The number of hydrogen-bond donors (Lipinski definition) is 1. The molecule has 0 aromatic carbocycles. The second-order valence-electron chi connectivity index (χ2n) is 5.24. The van der Waals surface area contributed by atoms with E-state index < -0.39 is 0 Å². The molecule has 0 saturated carbocycles. The lowest BCUT2D eigenvalue weighted by molar-refractivity contribution is 0.0537. The van der Waals surface area contributed by atoms with Crippen LogP contribution < -0.4 is 5.73 Å². The van der Waals surface area contributed by atoms with E-state index in [1.165, 1.54) is 11.3 Å². The number of carbonyl (C=O) groups excluding carboxylic acids is 1. The third-order valence-electron chi connectivity index (χ3n) is 3.38. The minimum absolute atomic E-state index is 0. The molecule has 0 radical (unpaired) electrons. The third-order valence-corrected chi connectivity index (χ3v) is 5.06. The summed E-state index contributed by atoms with van der Waals surface area (Å²) in [5, 5.41) is 1.94. The van der Waals surface area contributed by atoms with Crippen molar-refractivity contribution < 1.29 is 4.79 Å². The maximum absolute atomic E-state index is 12.3. The predicted molar refractivity (Wildman–Crippen MR) is 81.5 cm³/mol. The molecule has 1 atom stereocenters. The monoisotopic (exact) mass is 352 g/mol. The molecule has 18 heavy (non-hydrogen) atoms. The predicted octanol–water partition coefficient (Wildman–Crippen LogP) is 3.13. The molecule has 1 aliphatic rings. The van der Waals surface area contributed by atoms with E-state index in [0.717, 1.165) is 28.9 Å². The van der Waals surface area contributed by atoms with E-state index in [4.69, 9.17) is 5.73 Å². The SMILES string of the molecule is CC1(C)CN(C(=O)c2cc(Br)cs2)CCC1N.Cl. The first-order valence-electron chi connectivity index (χ1n) is 5.69. The van der Waals surface area contributed by atoms with Gasteiger partial charge in [-0.25, -0.2) is 0 Å². The van der Waals surface area contributed by atoms with Crippen molar-refractivity contribution >= 4 is 45.6 Å². The average molecular weight is 354 g/mol. The van der Waals surface area contributed by atoms with Crippen molar-refractivity contribution in [2.24, 2.45) is 11.1 Å². The fourth-order valence-electron chi connectivity index (χ4n) is 2.13. The number of amides is 1. The molecule has 102 valence electrons. The zero-order valence-electron chi connectivity index (χ0n) is 10.5. The smallest absolute Gasteiger partial charge is 0.263 e. The van der Waals surface area contributed by atoms with Crippen LogP contribution in [0.25, 0.3) is 0 Å². The lowest BCUT2D eigenvalue weighted by atomic mass is 9.79. The summed E-state index contributed by atoms with van der Waals surface area (Å²) in [6, 6.07) is 2.07. The van der Waals surface area contributed by atoms with Crippen molar-refractivity contribution in [1.82, 2.24) is 4.90 Å². The van der Waals surface area contributed by atoms with E-state index in [0.29, 0.717) is 0 Å². The number of piperidine rings is 1. The van der Waals surface area contributed by atoms with Crippen LogP contribution in [0.1, 0.15) is 29.9 Å². The van der Waals surface area contributed by atoms with Crippen molar-refractivity contribution in [3.63, 3.8) is 0 Å². The number of nitrogens with zero attached hydrogens (tertiary/aromatic N) is 1. The Hall–Kier alpha value is -0.100. The maximum Gasteiger partial charge on any atom is 0.263 e. The summed E-state index contributed by atoms with van der Waals surface area (Å²) < 4.78 is 0.971. The van der Waals surface area contributed by atoms with E-state index >= 15 is 0 Å². The highest BCUT2D eigenvalue weighted by Gasteiger charge is 2.35. The van der Waals surface area contributed by atoms with Gasteiger partial charge >= 0.3 is 0 Å². The largest absolute Gasteiger partial charge is 0.337 e. The van der Waals surface area contributed by atoms with Gasteiger partial charge in [0.2, 0.25) is 0 Å². The van der Waals surface area contributed by atoms with Gasteiger partial charge < -0.3 is 10.6 Å². The Morgan fingerprint density at radius 1 is 1.61 bits per heavy atom. The van der Waals surface area contributed by atoms with Crippen molar-refractivity contribution in [2.75, 3.05) is 13.1 Å². The Balaban J connectivity index is 0.00000162. The molecule has 3 nitrogen and oxygen atoms in total. The van der Waals surface area contributed by atoms with Crippen LogP contribution >= 0.6 is 39.7 Å². The third kappa shape index (κ3) is 3.26. The fraction of sp³-hybridized carbons (Fsp3) is 0.583. The molecule has 1 aliphatic heterocycles. The standard InChI is InChI=1S/C12H17BrN2OS.ClH/c1-12(2)7-15(4-3-10(12)14)11(16)9-5-8(13)6-17-9;/h5-6,10H,3-4,7,14H2,1-2H3;1H. The summed E-state index contributed by atoms with van der Waals surface area (Å²) in [5.74, 6) is 0.126. The summed E-state index contributed by atoms with van der Waals surface area (Å²) in [6.07, 6.45) is 0.880. The van der Waals surface area contributed by atoms with Gasteiger partial charge in [-0.1, -0.05) is 13.8 Å². The van der Waals surface area contributed by atoms with E-state index in [9.17, 15) is 4.79 Å². The average Bonchev–Trinajstić information content (AvgIpc) is 2.68. The topological polar surface area (TPSA) is 46.3 Å². The van der Waals surface area contributed by atoms with Gasteiger partial charge in [0.1, 0.15) is 0 Å². The molecule has 1 unspecified atom stereocenters. The van der Waals surface area contributed by atoms with Gasteiger partial charge in [0, 0.05) is 29.0 Å². The van der Waals surface area contributed by atoms with Crippen molar-refractivity contribution in [3.8, 4) is 0 Å². The zero-order valence-corrected chi connectivity index (χ0v) is 13.7. The molecule has 1 saturated heterocycles. The van der Waals surface area contributed by atoms with Gasteiger partial charge in [-0.2, -0.15) is 0 Å². The molecule has 1 aromatic rings. The Bertz CT molecular complexity index is 435. The number of carbonyl (C=O) groups is 1. The second kappa shape index (κ2) is 5.90. The van der Waals surface area contributed by atoms with Crippen LogP contribution in [-0.2, 0) is 0 Å². The van der Waals surface area contributed by atoms with E-state index in [2.05, 4.69) is 29.8 Å². The first-order valence-corrected chi connectivity index (χ1v) is 7.36. The summed E-state index contributed by atoms with van der Waals surface area (Å²) in [6.45, 7) is 5.75. The van der Waals surface area contributed by atoms with Gasteiger partial charge in [-0.15, -0.1) is 23.7 Å². The normalized spacial score (nSPS) is 22.4. The van der Waals surface area contributed by atoms with E-state index in [-0.39, 0.29) is 29.8 Å². The minimum Gasteiger partial charge on any atom is -0.337 e. The Morgan fingerprint density at radius 2 is 2.28 bits per heavy atom. The van der Waals surface area contributed by atoms with E-state index in [1.807, 2.05) is 16.3 Å². The molecule has 0 spiro atoms. The van der Waals surface area contributed by atoms with Crippen molar-refractivity contribution in [2.45, 2.75) is 26.3 Å². The molecule has 0 aliphatic carbocycles. The van der Waals surface area contributed by atoms with Gasteiger partial charge in [-0.05, 0) is 33.8 Å². The van der Waals surface area contributed by atoms with Crippen LogP contribution in [0.2, 0.25) is 0 Å². The molecule has 0 bridgehead atoms. The van der Waals surface area contributed by atoms with Crippen LogP contribution in [-0.4, -0.2) is 29.9 Å². The molecular formula is C12H18BrClN2OS. The maximum atomic E-state index is 12.3. The van der Waals surface area contributed by atoms with Crippen LogP contribution in [0.4, 0.5) is 0 Å². The Labute approximate surface area is 126 Å². The van der Waals surface area contributed by atoms with Crippen molar-refractivity contribution in [3.05, 3.63) is 20.8 Å². The van der Waals surface area contributed by atoms with Crippen LogP contribution in [0.3, 0.4) is 0 Å². The molecule has 6 heteroatoms.